The minimum atomic E-state index is -1.09. The predicted octanol–water partition coefficient (Wildman–Crippen LogP) is 4.63. The Hall–Kier alpha value is -3.74. The Bertz CT molecular complexity index is 1130. The summed E-state index contributed by atoms with van der Waals surface area (Å²) in [7, 11) is 0. The molecule has 2 heterocycles. The predicted molar refractivity (Wildman–Crippen MR) is 112 cm³/mol. The molecule has 7 heteroatoms. The number of fused-ring (bicyclic) bond motifs is 3. The van der Waals surface area contributed by atoms with Gasteiger partial charge in [0.15, 0.2) is 0 Å². The second kappa shape index (κ2) is 7.01. The van der Waals surface area contributed by atoms with Gasteiger partial charge in [0, 0.05) is 29.1 Å². The van der Waals surface area contributed by atoms with Crippen LogP contribution in [0.4, 0.5) is 15.3 Å². The number of anilines is 1. The minimum absolute atomic E-state index is 0.265. The lowest BCUT2D eigenvalue weighted by atomic mass is 9.83. The first-order chi connectivity index (χ1) is 13.9. The average Bonchev–Trinajstić information content (AvgIpc) is 2.91. The van der Waals surface area contributed by atoms with Crippen molar-refractivity contribution in [1.29, 1.82) is 0 Å². The molecule has 0 atom stereocenters. The first kappa shape index (κ1) is 18.6. The number of carbonyl (C=O) groups is 2. The van der Waals surface area contributed by atoms with E-state index in [0.29, 0.717) is 23.4 Å². The van der Waals surface area contributed by atoms with E-state index < -0.39 is 12.2 Å². The quantitative estimate of drug-likeness (QED) is 0.592. The summed E-state index contributed by atoms with van der Waals surface area (Å²) in [5.74, 6) is 0.265. The van der Waals surface area contributed by atoms with Crippen molar-refractivity contribution < 1.29 is 19.4 Å². The normalized spacial score (nSPS) is 14.6. The van der Waals surface area contributed by atoms with Gasteiger partial charge in [-0.15, -0.1) is 0 Å². The van der Waals surface area contributed by atoms with Gasteiger partial charge in [0.05, 0.1) is 11.2 Å². The summed E-state index contributed by atoms with van der Waals surface area (Å²) in [6.07, 6.45) is 1.79. The first-order valence-electron chi connectivity index (χ1n) is 9.23. The van der Waals surface area contributed by atoms with Crippen molar-refractivity contribution in [3.63, 3.8) is 0 Å². The van der Waals surface area contributed by atoms with Crippen LogP contribution in [0.15, 0.2) is 54.7 Å². The average molecular weight is 391 g/mol. The Morgan fingerprint density at radius 1 is 1.17 bits per heavy atom. The van der Waals surface area contributed by atoms with E-state index in [9.17, 15) is 14.7 Å². The number of para-hydroxylation sites is 1. The fourth-order valence-corrected chi connectivity index (χ4v) is 3.74. The number of hydrogen-bond acceptors (Lipinski definition) is 4. The second-order valence-corrected chi connectivity index (χ2v) is 7.54. The molecule has 2 aromatic carbocycles. The van der Waals surface area contributed by atoms with Crippen LogP contribution in [0.2, 0.25) is 0 Å². The van der Waals surface area contributed by atoms with Gasteiger partial charge in [0.25, 0.3) is 0 Å². The molecule has 0 radical (unpaired) electrons. The smallest absolute Gasteiger partial charge is 0.417 e. The monoisotopic (exact) mass is 391 g/mol. The van der Waals surface area contributed by atoms with Crippen LogP contribution >= 0.6 is 0 Å². The van der Waals surface area contributed by atoms with Crippen LogP contribution in [-0.4, -0.2) is 28.4 Å². The molecule has 1 amide bonds. The molecule has 3 N–H and O–H groups in total. The summed E-state index contributed by atoms with van der Waals surface area (Å²) < 4.78 is 6.62. The van der Waals surface area contributed by atoms with Crippen LogP contribution in [0.25, 0.3) is 17.0 Å². The molecule has 0 fully saturated rings. The molecule has 1 aromatic heterocycles. The number of benzene rings is 2. The van der Waals surface area contributed by atoms with E-state index in [1.54, 1.807) is 54.7 Å². The van der Waals surface area contributed by atoms with E-state index >= 15 is 0 Å². The highest BCUT2D eigenvalue weighted by molar-refractivity contribution is 5.97. The summed E-state index contributed by atoms with van der Waals surface area (Å²) in [6.45, 7) is 4.80. The molecular weight excluding hydrogens is 370 g/mol. The van der Waals surface area contributed by atoms with Crippen molar-refractivity contribution in [2.24, 2.45) is 0 Å². The Labute approximate surface area is 167 Å². The van der Waals surface area contributed by atoms with Crippen molar-refractivity contribution >= 4 is 34.9 Å². The molecular formula is C22H21N3O4. The number of hydrogen-bond donors (Lipinski definition) is 3. The number of ether oxygens (including phenoxy) is 1. The summed E-state index contributed by atoms with van der Waals surface area (Å²) in [6, 6.07) is 14.0. The van der Waals surface area contributed by atoms with Crippen LogP contribution in [0.1, 0.15) is 25.1 Å². The number of rotatable bonds is 2. The Balaban J connectivity index is 1.75. The van der Waals surface area contributed by atoms with Crippen molar-refractivity contribution in [3.05, 3.63) is 66.0 Å². The van der Waals surface area contributed by atoms with E-state index in [4.69, 9.17) is 4.74 Å². The number of carbonyl (C=O) groups excluding carboxylic acids is 1. The van der Waals surface area contributed by atoms with Crippen LogP contribution in [0.5, 0.6) is 5.75 Å². The van der Waals surface area contributed by atoms with Crippen molar-refractivity contribution in [2.45, 2.75) is 19.3 Å². The fraction of sp³-hybridized carbons (Fsp3) is 0.182. The lowest BCUT2D eigenvalue weighted by Gasteiger charge is -2.24. The first-order valence-corrected chi connectivity index (χ1v) is 9.23. The van der Waals surface area contributed by atoms with Crippen LogP contribution < -0.4 is 15.4 Å². The summed E-state index contributed by atoms with van der Waals surface area (Å²) in [5.41, 5.74) is 2.35. The van der Waals surface area contributed by atoms with Gasteiger partial charge < -0.3 is 15.2 Å². The molecule has 0 spiro atoms. The van der Waals surface area contributed by atoms with Gasteiger partial charge in [0.2, 0.25) is 0 Å². The van der Waals surface area contributed by atoms with Gasteiger partial charge in [-0.05, 0) is 42.1 Å². The third-order valence-electron chi connectivity index (χ3n) is 4.98. The Morgan fingerprint density at radius 3 is 2.66 bits per heavy atom. The molecule has 148 valence electrons. The maximum Gasteiger partial charge on any atom is 0.417 e. The zero-order valence-electron chi connectivity index (χ0n) is 16.1. The summed E-state index contributed by atoms with van der Waals surface area (Å²) >= 11 is 0. The van der Waals surface area contributed by atoms with E-state index in [1.165, 1.54) is 4.57 Å². The standard InChI is InChI=1S/C22H21N3O4/c1-22(2)13-23-11-10-17-19(22)16-9-8-15(12-18(16)25(17)21(27)28)29-20(26)24-14-6-4-3-5-7-14/h3-12,23H,13H2,1-2H3,(H,24,26)(H,27,28). The van der Waals surface area contributed by atoms with Crippen molar-refractivity contribution in [2.75, 3.05) is 11.9 Å². The van der Waals surface area contributed by atoms with E-state index in [-0.39, 0.29) is 11.2 Å². The van der Waals surface area contributed by atoms with E-state index in [0.717, 1.165) is 10.9 Å². The zero-order chi connectivity index (χ0) is 20.6. The highest BCUT2D eigenvalue weighted by Gasteiger charge is 2.32. The van der Waals surface area contributed by atoms with Crippen LogP contribution in [-0.2, 0) is 5.41 Å². The molecule has 4 rings (SSSR count). The van der Waals surface area contributed by atoms with Crippen molar-refractivity contribution in [3.8, 4) is 5.75 Å². The Kier molecular flexibility index (Phi) is 4.50. The highest BCUT2D eigenvalue weighted by atomic mass is 16.6. The third-order valence-corrected chi connectivity index (χ3v) is 4.98. The molecule has 0 saturated carbocycles. The maximum atomic E-state index is 12.2. The van der Waals surface area contributed by atoms with Gasteiger partial charge in [0.1, 0.15) is 5.75 Å². The molecule has 1 aliphatic rings. The molecule has 1 aliphatic heterocycles. The molecule has 29 heavy (non-hydrogen) atoms. The topological polar surface area (TPSA) is 92.6 Å². The Morgan fingerprint density at radius 2 is 1.93 bits per heavy atom. The van der Waals surface area contributed by atoms with E-state index in [1.807, 2.05) is 6.07 Å². The molecule has 3 aromatic rings. The number of aromatic nitrogens is 1. The van der Waals surface area contributed by atoms with Gasteiger partial charge in [-0.2, -0.15) is 0 Å². The largest absolute Gasteiger partial charge is 0.464 e. The summed E-state index contributed by atoms with van der Waals surface area (Å²) in [4.78, 5) is 24.2. The number of carboxylic acid groups (broad SMARTS) is 1. The molecule has 0 bridgehead atoms. The number of nitrogens with zero attached hydrogens (tertiary/aromatic N) is 1. The number of nitrogens with one attached hydrogen (secondary N) is 2. The van der Waals surface area contributed by atoms with E-state index in [2.05, 4.69) is 24.5 Å². The minimum Gasteiger partial charge on any atom is -0.464 e. The van der Waals surface area contributed by atoms with Gasteiger partial charge in [-0.3, -0.25) is 5.32 Å². The molecule has 0 aliphatic carbocycles. The van der Waals surface area contributed by atoms with Gasteiger partial charge in [-0.1, -0.05) is 32.0 Å². The lowest BCUT2D eigenvalue weighted by Crippen LogP contribution is -2.29. The SMILES string of the molecule is CC1(C)CNC=Cc2c1c1ccc(OC(=O)Nc3ccccc3)cc1n2C(=O)O. The molecule has 7 nitrogen and oxygen atoms in total. The lowest BCUT2D eigenvalue weighted by molar-refractivity contribution is 0.197. The summed E-state index contributed by atoms with van der Waals surface area (Å²) in [5, 5.41) is 16.5. The molecule has 0 saturated heterocycles. The van der Waals surface area contributed by atoms with Gasteiger partial charge in [-0.25, -0.2) is 14.2 Å². The maximum absolute atomic E-state index is 12.2. The van der Waals surface area contributed by atoms with Crippen molar-refractivity contribution in [1.82, 2.24) is 9.88 Å². The third kappa shape index (κ3) is 3.42. The molecule has 0 unspecified atom stereocenters. The van der Waals surface area contributed by atoms with Gasteiger partial charge >= 0.3 is 12.2 Å². The van der Waals surface area contributed by atoms with Crippen LogP contribution in [0, 0.1) is 0 Å². The second-order valence-electron chi connectivity index (χ2n) is 7.54. The highest BCUT2D eigenvalue weighted by Crippen LogP contribution is 2.38. The number of amides is 1. The fourth-order valence-electron chi connectivity index (χ4n) is 3.74. The van der Waals surface area contributed by atoms with Crippen LogP contribution in [0.3, 0.4) is 0 Å². The zero-order valence-corrected chi connectivity index (χ0v) is 16.1.